The molecule has 1 aromatic heterocycles. The third-order valence-electron chi connectivity index (χ3n) is 2.47. The van der Waals surface area contributed by atoms with Gasteiger partial charge in [-0.2, -0.15) is 5.10 Å². The van der Waals surface area contributed by atoms with Crippen molar-refractivity contribution in [2.45, 2.75) is 11.4 Å². The lowest BCUT2D eigenvalue weighted by atomic mass is 10.2. The van der Waals surface area contributed by atoms with Crippen LogP contribution in [0.15, 0.2) is 29.4 Å². The van der Waals surface area contributed by atoms with Crippen LogP contribution in [0.5, 0.6) is 0 Å². The molecule has 0 saturated heterocycles. The monoisotopic (exact) mass is 314 g/mol. The molecule has 0 aliphatic rings. The van der Waals surface area contributed by atoms with Crippen LogP contribution in [0, 0.1) is 0 Å². The number of halogens is 1. The molecule has 0 unspecified atom stereocenters. The lowest BCUT2D eigenvalue weighted by Gasteiger charge is -2.06. The van der Waals surface area contributed by atoms with E-state index in [9.17, 15) is 13.2 Å². The van der Waals surface area contributed by atoms with Crippen molar-refractivity contribution in [1.82, 2.24) is 20.5 Å². The maximum atomic E-state index is 11.9. The van der Waals surface area contributed by atoms with Crippen LogP contribution >= 0.6 is 11.6 Å². The summed E-state index contributed by atoms with van der Waals surface area (Å²) in [5, 5.41) is 8.91. The molecule has 0 bridgehead atoms. The average Bonchev–Trinajstić information content (AvgIpc) is 2.88. The van der Waals surface area contributed by atoms with E-state index in [1.165, 1.54) is 24.5 Å². The summed E-state index contributed by atoms with van der Waals surface area (Å²) in [5.74, 6) is 0.0682. The summed E-state index contributed by atoms with van der Waals surface area (Å²) in [6.45, 7) is 0.162. The van der Waals surface area contributed by atoms with E-state index >= 15 is 0 Å². The Bertz CT molecular complexity index is 728. The molecular formula is C11H11ClN4O3S. The first kappa shape index (κ1) is 14.5. The summed E-state index contributed by atoms with van der Waals surface area (Å²) in [7, 11) is -3.49. The highest BCUT2D eigenvalue weighted by molar-refractivity contribution is 7.90. The van der Waals surface area contributed by atoms with Crippen LogP contribution in [0.25, 0.3) is 0 Å². The van der Waals surface area contributed by atoms with Crippen LogP contribution in [0.3, 0.4) is 0 Å². The molecule has 106 valence electrons. The number of rotatable bonds is 4. The fourth-order valence-corrected chi connectivity index (χ4v) is 2.81. The van der Waals surface area contributed by atoms with Crippen molar-refractivity contribution in [2.75, 3.05) is 6.26 Å². The minimum absolute atomic E-state index is 0.0773. The maximum Gasteiger partial charge on any atom is 0.251 e. The zero-order valence-electron chi connectivity index (χ0n) is 10.4. The lowest BCUT2D eigenvalue weighted by Crippen LogP contribution is -2.23. The number of sulfone groups is 1. The molecule has 1 heterocycles. The topological polar surface area (TPSA) is 105 Å². The Hall–Kier alpha value is -1.93. The molecular weight excluding hydrogens is 304 g/mol. The van der Waals surface area contributed by atoms with Crippen LogP contribution in [-0.2, 0) is 16.4 Å². The second kappa shape index (κ2) is 5.59. The van der Waals surface area contributed by atoms with E-state index in [1.54, 1.807) is 0 Å². The van der Waals surface area contributed by atoms with Gasteiger partial charge in [0.2, 0.25) is 0 Å². The number of aromatic nitrogens is 3. The molecule has 0 fully saturated rings. The molecule has 0 saturated carbocycles. The fourth-order valence-electron chi connectivity index (χ4n) is 1.51. The van der Waals surface area contributed by atoms with Crippen molar-refractivity contribution in [2.24, 2.45) is 0 Å². The zero-order chi connectivity index (χ0) is 14.8. The first-order valence-electron chi connectivity index (χ1n) is 5.50. The molecule has 1 amide bonds. The second-order valence-corrected chi connectivity index (χ2v) is 6.42. The van der Waals surface area contributed by atoms with Gasteiger partial charge in [0.25, 0.3) is 5.91 Å². The Balaban J connectivity index is 2.18. The Kier molecular flexibility index (Phi) is 4.05. The third-order valence-corrected chi connectivity index (χ3v) is 4.05. The molecule has 0 aliphatic carbocycles. The van der Waals surface area contributed by atoms with Crippen LogP contribution in [0.4, 0.5) is 0 Å². The van der Waals surface area contributed by atoms with Crippen molar-refractivity contribution >= 4 is 27.3 Å². The van der Waals surface area contributed by atoms with E-state index in [-0.39, 0.29) is 22.0 Å². The summed E-state index contributed by atoms with van der Waals surface area (Å²) in [4.78, 5) is 15.7. The van der Waals surface area contributed by atoms with Gasteiger partial charge >= 0.3 is 0 Å². The van der Waals surface area contributed by atoms with E-state index < -0.39 is 15.7 Å². The van der Waals surface area contributed by atoms with E-state index in [4.69, 9.17) is 11.6 Å². The highest BCUT2D eigenvalue weighted by atomic mass is 35.5. The van der Waals surface area contributed by atoms with E-state index in [1.807, 2.05) is 0 Å². The molecule has 7 nitrogen and oxygen atoms in total. The van der Waals surface area contributed by atoms with Gasteiger partial charge in [0, 0.05) is 11.8 Å². The molecule has 0 aliphatic heterocycles. The fraction of sp³-hybridized carbons (Fsp3) is 0.182. The molecule has 0 radical (unpaired) electrons. The molecule has 9 heteroatoms. The molecule has 2 aromatic rings. The largest absolute Gasteiger partial charge is 0.345 e. The standard InChI is InChI=1S/C11H11ClN4O3S/c1-20(18,19)9-4-7(2-3-8(9)12)11(17)13-5-10-14-6-15-16-10/h2-4,6H,5H2,1H3,(H,13,17)(H,14,15,16). The molecule has 20 heavy (non-hydrogen) atoms. The number of nitrogens with zero attached hydrogens (tertiary/aromatic N) is 2. The number of nitrogens with one attached hydrogen (secondary N) is 2. The van der Waals surface area contributed by atoms with Crippen LogP contribution in [-0.4, -0.2) is 35.8 Å². The first-order chi connectivity index (χ1) is 9.38. The van der Waals surface area contributed by atoms with Crippen molar-refractivity contribution < 1.29 is 13.2 Å². The van der Waals surface area contributed by atoms with Gasteiger partial charge in [0.1, 0.15) is 12.2 Å². The molecule has 0 atom stereocenters. The summed E-state index contributed by atoms with van der Waals surface area (Å²) in [6.07, 6.45) is 2.36. The maximum absolute atomic E-state index is 11.9. The SMILES string of the molecule is CS(=O)(=O)c1cc(C(=O)NCc2ncn[nH]2)ccc1Cl. The number of carbonyl (C=O) groups is 1. The minimum Gasteiger partial charge on any atom is -0.345 e. The first-order valence-corrected chi connectivity index (χ1v) is 7.77. The summed E-state index contributed by atoms with van der Waals surface area (Å²) < 4.78 is 23.1. The summed E-state index contributed by atoms with van der Waals surface area (Å²) >= 11 is 5.81. The third kappa shape index (κ3) is 3.34. The Morgan fingerprint density at radius 1 is 1.45 bits per heavy atom. The number of aromatic amines is 1. The van der Waals surface area contributed by atoms with E-state index in [0.717, 1.165) is 6.26 Å². The van der Waals surface area contributed by atoms with Gasteiger partial charge in [-0.25, -0.2) is 13.4 Å². The Morgan fingerprint density at radius 3 is 2.80 bits per heavy atom. The van der Waals surface area contributed by atoms with Gasteiger partial charge in [-0.1, -0.05) is 11.6 Å². The lowest BCUT2D eigenvalue weighted by molar-refractivity contribution is 0.0949. The molecule has 2 N–H and O–H groups in total. The number of benzene rings is 1. The predicted molar refractivity (Wildman–Crippen MR) is 72.1 cm³/mol. The second-order valence-electron chi connectivity index (χ2n) is 4.03. The van der Waals surface area contributed by atoms with Crippen molar-refractivity contribution in [1.29, 1.82) is 0 Å². The van der Waals surface area contributed by atoms with Crippen molar-refractivity contribution in [3.05, 3.63) is 40.9 Å². The van der Waals surface area contributed by atoms with Crippen molar-refractivity contribution in [3.63, 3.8) is 0 Å². The highest BCUT2D eigenvalue weighted by Gasteiger charge is 2.15. The minimum atomic E-state index is -3.49. The van der Waals surface area contributed by atoms with Gasteiger partial charge in [-0.15, -0.1) is 0 Å². The predicted octanol–water partition coefficient (Wildman–Crippen LogP) is 0.792. The zero-order valence-corrected chi connectivity index (χ0v) is 12.0. The number of hydrogen-bond donors (Lipinski definition) is 2. The quantitative estimate of drug-likeness (QED) is 0.868. The smallest absolute Gasteiger partial charge is 0.251 e. The number of amides is 1. The van der Waals surface area contributed by atoms with Crippen molar-refractivity contribution in [3.8, 4) is 0 Å². The van der Waals surface area contributed by atoms with E-state index in [2.05, 4.69) is 20.5 Å². The highest BCUT2D eigenvalue weighted by Crippen LogP contribution is 2.22. The normalized spacial score (nSPS) is 11.3. The Labute approximate surface area is 120 Å². The Morgan fingerprint density at radius 2 is 2.20 bits per heavy atom. The number of H-pyrrole nitrogens is 1. The number of hydrogen-bond acceptors (Lipinski definition) is 5. The van der Waals surface area contributed by atoms with Gasteiger partial charge in [0.15, 0.2) is 9.84 Å². The van der Waals surface area contributed by atoms with Gasteiger partial charge < -0.3 is 5.32 Å². The van der Waals surface area contributed by atoms with Gasteiger partial charge in [-0.3, -0.25) is 9.89 Å². The summed E-state index contributed by atoms with van der Waals surface area (Å²) in [6, 6.07) is 4.07. The molecule has 2 rings (SSSR count). The van der Waals surface area contributed by atoms with Crippen LogP contribution in [0.1, 0.15) is 16.2 Å². The average molecular weight is 315 g/mol. The number of carbonyl (C=O) groups excluding carboxylic acids is 1. The van der Waals surface area contributed by atoms with Crippen LogP contribution in [0.2, 0.25) is 5.02 Å². The molecule has 0 spiro atoms. The van der Waals surface area contributed by atoms with Crippen LogP contribution < -0.4 is 5.32 Å². The summed E-state index contributed by atoms with van der Waals surface area (Å²) in [5.41, 5.74) is 0.203. The van der Waals surface area contributed by atoms with Gasteiger partial charge in [0.05, 0.1) is 16.5 Å². The van der Waals surface area contributed by atoms with Gasteiger partial charge in [-0.05, 0) is 18.2 Å². The molecule has 1 aromatic carbocycles. The van der Waals surface area contributed by atoms with E-state index in [0.29, 0.717) is 5.82 Å².